The molecule has 8 heteroatoms. The minimum atomic E-state index is -4.63. The average molecular weight is 311 g/mol. The molecule has 1 aromatic rings. The first kappa shape index (κ1) is 15.7. The number of hydrogen-bond acceptors (Lipinski definition) is 2. The van der Waals surface area contributed by atoms with Gasteiger partial charge in [0.15, 0.2) is 0 Å². The van der Waals surface area contributed by atoms with Crippen molar-refractivity contribution in [2.75, 3.05) is 5.32 Å². The predicted molar refractivity (Wildman–Crippen MR) is 71.0 cm³/mol. The normalized spacial score (nSPS) is 12.9. The first-order valence-corrected chi connectivity index (χ1v) is 5.88. The monoisotopic (exact) mass is 310 g/mol. The smallest absolute Gasteiger partial charge is 0.393 e. The largest absolute Gasteiger partial charge is 0.418 e. The molecule has 19 heavy (non-hydrogen) atoms. The van der Waals surface area contributed by atoms with Crippen molar-refractivity contribution in [3.05, 3.63) is 28.8 Å². The highest BCUT2D eigenvalue weighted by atomic mass is 35.5. The molecule has 0 aromatic heterocycles. The average Bonchev–Trinajstić information content (AvgIpc) is 2.28. The molecule has 0 saturated carbocycles. The lowest BCUT2D eigenvalue weighted by atomic mass is 10.1. The second kappa shape index (κ2) is 5.75. The van der Waals surface area contributed by atoms with Gasteiger partial charge in [-0.25, -0.2) is 0 Å². The Morgan fingerprint density at radius 1 is 1.47 bits per heavy atom. The molecular formula is C11H10ClF3N2OS. The Kier molecular flexibility index (Phi) is 4.75. The molecule has 0 aliphatic rings. The summed E-state index contributed by atoms with van der Waals surface area (Å²) in [4.78, 5) is 11.5. The van der Waals surface area contributed by atoms with E-state index in [1.807, 2.05) is 0 Å². The van der Waals surface area contributed by atoms with Crippen molar-refractivity contribution in [2.45, 2.75) is 13.1 Å². The van der Waals surface area contributed by atoms with E-state index in [1.165, 1.54) is 13.0 Å². The van der Waals surface area contributed by atoms with Gasteiger partial charge in [-0.15, -0.1) is 0 Å². The third-order valence-electron chi connectivity index (χ3n) is 2.36. The van der Waals surface area contributed by atoms with Crippen LogP contribution in [0.3, 0.4) is 0 Å². The minimum Gasteiger partial charge on any atom is -0.393 e. The Morgan fingerprint density at radius 3 is 2.53 bits per heavy atom. The van der Waals surface area contributed by atoms with Crippen molar-refractivity contribution < 1.29 is 18.0 Å². The van der Waals surface area contributed by atoms with Crippen LogP contribution in [-0.4, -0.2) is 10.9 Å². The Labute approximate surface area is 117 Å². The summed E-state index contributed by atoms with van der Waals surface area (Å²) < 4.78 is 38.3. The Balaban J connectivity index is 3.08. The lowest BCUT2D eigenvalue weighted by Crippen LogP contribution is -2.31. The number of nitrogens with two attached hydrogens (primary N) is 1. The molecule has 1 rings (SSSR count). The molecule has 0 saturated heterocycles. The van der Waals surface area contributed by atoms with Gasteiger partial charge < -0.3 is 11.1 Å². The SMILES string of the molecule is CC(C(=O)Nc1ccc(Cl)cc1C(F)(F)F)C(N)=S. The number of anilines is 1. The molecular weight excluding hydrogens is 301 g/mol. The second-order valence-corrected chi connectivity index (χ2v) is 4.71. The number of nitrogens with one attached hydrogen (secondary N) is 1. The van der Waals surface area contributed by atoms with E-state index in [4.69, 9.17) is 17.3 Å². The Morgan fingerprint density at radius 2 is 2.05 bits per heavy atom. The van der Waals surface area contributed by atoms with Gasteiger partial charge in [0.1, 0.15) is 0 Å². The number of carbonyl (C=O) groups is 1. The van der Waals surface area contributed by atoms with Crippen LogP contribution in [-0.2, 0) is 11.0 Å². The highest BCUT2D eigenvalue weighted by Gasteiger charge is 2.34. The third kappa shape index (κ3) is 4.07. The highest BCUT2D eigenvalue weighted by molar-refractivity contribution is 7.80. The van der Waals surface area contributed by atoms with Crippen molar-refractivity contribution in [3.63, 3.8) is 0 Å². The molecule has 0 heterocycles. The van der Waals surface area contributed by atoms with Crippen LogP contribution in [0.15, 0.2) is 18.2 Å². The summed E-state index contributed by atoms with van der Waals surface area (Å²) >= 11 is 10.1. The number of carbonyl (C=O) groups excluding carboxylic acids is 1. The fraction of sp³-hybridized carbons (Fsp3) is 0.273. The Bertz CT molecular complexity index is 519. The van der Waals surface area contributed by atoms with Gasteiger partial charge in [-0.05, 0) is 25.1 Å². The quantitative estimate of drug-likeness (QED) is 0.843. The van der Waals surface area contributed by atoms with Crippen LogP contribution in [0, 0.1) is 5.92 Å². The lowest BCUT2D eigenvalue weighted by Gasteiger charge is -2.16. The molecule has 3 nitrogen and oxygen atoms in total. The van der Waals surface area contributed by atoms with Crippen molar-refractivity contribution in [1.29, 1.82) is 0 Å². The van der Waals surface area contributed by atoms with Crippen molar-refractivity contribution >= 4 is 40.4 Å². The van der Waals surface area contributed by atoms with Gasteiger partial charge >= 0.3 is 6.18 Å². The zero-order valence-corrected chi connectivity index (χ0v) is 11.3. The van der Waals surface area contributed by atoms with E-state index in [-0.39, 0.29) is 15.7 Å². The van der Waals surface area contributed by atoms with E-state index >= 15 is 0 Å². The zero-order valence-electron chi connectivity index (χ0n) is 9.72. The summed E-state index contributed by atoms with van der Waals surface area (Å²) in [6.45, 7) is 1.40. The van der Waals surface area contributed by atoms with Crippen LogP contribution in [0.4, 0.5) is 18.9 Å². The molecule has 0 radical (unpaired) electrons. The number of benzene rings is 1. The van der Waals surface area contributed by atoms with E-state index in [1.54, 1.807) is 0 Å². The molecule has 0 aliphatic carbocycles. The number of thiocarbonyl (C=S) groups is 1. The van der Waals surface area contributed by atoms with Crippen LogP contribution in [0.5, 0.6) is 0 Å². The zero-order chi connectivity index (χ0) is 14.8. The van der Waals surface area contributed by atoms with Crippen LogP contribution in [0.1, 0.15) is 12.5 Å². The van der Waals surface area contributed by atoms with Crippen LogP contribution < -0.4 is 11.1 Å². The fourth-order valence-electron chi connectivity index (χ4n) is 1.23. The summed E-state index contributed by atoms with van der Waals surface area (Å²) in [7, 11) is 0. The number of alkyl halides is 3. The number of hydrogen-bond donors (Lipinski definition) is 2. The minimum absolute atomic E-state index is 0.0762. The van der Waals surface area contributed by atoms with Crippen molar-refractivity contribution in [2.24, 2.45) is 11.7 Å². The van der Waals surface area contributed by atoms with Gasteiger partial charge in [0.2, 0.25) is 5.91 Å². The maximum atomic E-state index is 12.8. The van der Waals surface area contributed by atoms with Gasteiger partial charge in [0, 0.05) is 5.02 Å². The summed E-state index contributed by atoms with van der Waals surface area (Å²) in [5, 5.41) is 2.06. The molecule has 1 amide bonds. The molecule has 1 aromatic carbocycles. The third-order valence-corrected chi connectivity index (χ3v) is 2.95. The van der Waals surface area contributed by atoms with Crippen molar-refractivity contribution in [3.8, 4) is 0 Å². The van der Waals surface area contributed by atoms with E-state index in [0.29, 0.717) is 0 Å². The van der Waals surface area contributed by atoms with Crippen LogP contribution in [0.25, 0.3) is 0 Å². The van der Waals surface area contributed by atoms with Gasteiger partial charge in [0.05, 0.1) is 22.2 Å². The van der Waals surface area contributed by atoms with Crippen LogP contribution >= 0.6 is 23.8 Å². The summed E-state index contributed by atoms with van der Waals surface area (Å²) in [5.41, 5.74) is 3.86. The summed E-state index contributed by atoms with van der Waals surface area (Å²) in [5.74, 6) is -1.58. The maximum absolute atomic E-state index is 12.8. The molecule has 0 fully saturated rings. The first-order chi connectivity index (χ1) is 8.62. The summed E-state index contributed by atoms with van der Waals surface area (Å²) in [6.07, 6.45) is -4.63. The van der Waals surface area contributed by atoms with E-state index in [0.717, 1.165) is 12.1 Å². The molecule has 0 spiro atoms. The van der Waals surface area contributed by atoms with Gasteiger partial charge in [-0.2, -0.15) is 13.2 Å². The molecule has 1 unspecified atom stereocenters. The molecule has 0 bridgehead atoms. The van der Waals surface area contributed by atoms with E-state index < -0.39 is 23.6 Å². The lowest BCUT2D eigenvalue weighted by molar-refractivity contribution is -0.137. The molecule has 0 aliphatic heterocycles. The Hall–Kier alpha value is -1.34. The second-order valence-electron chi connectivity index (χ2n) is 3.80. The van der Waals surface area contributed by atoms with Crippen molar-refractivity contribution in [1.82, 2.24) is 0 Å². The topological polar surface area (TPSA) is 55.1 Å². The molecule has 1 atom stereocenters. The van der Waals surface area contributed by atoms with Gasteiger partial charge in [-0.3, -0.25) is 4.79 Å². The first-order valence-electron chi connectivity index (χ1n) is 5.10. The highest BCUT2D eigenvalue weighted by Crippen LogP contribution is 2.36. The maximum Gasteiger partial charge on any atom is 0.418 e. The fourth-order valence-corrected chi connectivity index (χ4v) is 1.51. The number of amides is 1. The van der Waals surface area contributed by atoms with E-state index in [2.05, 4.69) is 17.5 Å². The van der Waals surface area contributed by atoms with Crippen LogP contribution in [0.2, 0.25) is 5.02 Å². The standard InChI is InChI=1S/C11H10ClF3N2OS/c1-5(9(16)19)10(18)17-8-3-2-6(12)4-7(8)11(13,14)15/h2-5H,1H3,(H2,16,19)(H,17,18). The summed E-state index contributed by atoms with van der Waals surface area (Å²) in [6, 6.07) is 3.07. The molecule has 104 valence electrons. The number of rotatable bonds is 3. The number of halogens is 4. The van der Waals surface area contributed by atoms with E-state index in [9.17, 15) is 18.0 Å². The van der Waals surface area contributed by atoms with Gasteiger partial charge in [-0.1, -0.05) is 23.8 Å². The predicted octanol–water partition coefficient (Wildman–Crippen LogP) is 3.22. The van der Waals surface area contributed by atoms with Gasteiger partial charge in [0.25, 0.3) is 0 Å². The molecule has 3 N–H and O–H groups in total.